The number of nitrogens with zero attached hydrogens (tertiary/aromatic N) is 5. The lowest BCUT2D eigenvalue weighted by Crippen LogP contribution is -2.24. The van der Waals surface area contributed by atoms with Crippen LogP contribution in [0.5, 0.6) is 0 Å². The molecule has 1 aromatic carbocycles. The number of aromatic nitrogens is 5. The monoisotopic (exact) mass is 456 g/mol. The van der Waals surface area contributed by atoms with Crippen LogP contribution in [-0.4, -0.2) is 42.8 Å². The first-order chi connectivity index (χ1) is 15.9. The molecule has 2 heterocycles. The number of aliphatic hydroxyl groups is 1. The van der Waals surface area contributed by atoms with E-state index >= 15 is 0 Å². The van der Waals surface area contributed by atoms with Crippen LogP contribution in [0.4, 0.5) is 8.78 Å². The van der Waals surface area contributed by atoms with Gasteiger partial charge in [-0.3, -0.25) is 4.79 Å². The van der Waals surface area contributed by atoms with Crippen LogP contribution in [0, 0.1) is 30.4 Å². The molecule has 1 aliphatic carbocycles. The fourth-order valence-corrected chi connectivity index (χ4v) is 4.10. The smallest absolute Gasteiger partial charge is 0.270 e. The summed E-state index contributed by atoms with van der Waals surface area (Å²) in [5.74, 6) is -1.10. The van der Waals surface area contributed by atoms with Crippen molar-refractivity contribution in [3.8, 4) is 11.4 Å². The highest BCUT2D eigenvalue weighted by atomic mass is 19.2. The van der Waals surface area contributed by atoms with Crippen LogP contribution >= 0.6 is 0 Å². The molecule has 2 N–H and O–H groups in total. The number of aliphatic hydroxyl groups excluding tert-OH is 1. The average molecular weight is 456 g/mol. The number of hydrogen-bond acceptors (Lipinski definition) is 6. The van der Waals surface area contributed by atoms with Gasteiger partial charge < -0.3 is 10.4 Å². The number of nitrogens with one attached hydrogen (secondary N) is 1. The van der Waals surface area contributed by atoms with Gasteiger partial charge in [-0.15, -0.1) is 10.2 Å². The summed E-state index contributed by atoms with van der Waals surface area (Å²) >= 11 is 0. The van der Waals surface area contributed by atoms with Crippen molar-refractivity contribution < 1.29 is 18.7 Å². The quantitative estimate of drug-likeness (QED) is 0.566. The Hall–Kier alpha value is -3.27. The van der Waals surface area contributed by atoms with Gasteiger partial charge in [-0.05, 0) is 79.5 Å². The minimum absolute atomic E-state index is 0.0357. The summed E-state index contributed by atoms with van der Waals surface area (Å²) in [5.41, 5.74) is 1.85. The van der Waals surface area contributed by atoms with Crippen molar-refractivity contribution in [1.29, 1.82) is 0 Å². The Balaban J connectivity index is 1.41. The molecule has 3 aromatic rings. The number of tetrazole rings is 1. The van der Waals surface area contributed by atoms with Gasteiger partial charge in [0, 0.05) is 24.4 Å². The largest absolute Gasteiger partial charge is 0.396 e. The van der Waals surface area contributed by atoms with Gasteiger partial charge in [0.25, 0.3) is 5.91 Å². The van der Waals surface area contributed by atoms with Gasteiger partial charge in [0.05, 0.1) is 6.54 Å². The Bertz CT molecular complexity index is 1130. The second-order valence-corrected chi connectivity index (χ2v) is 8.55. The zero-order valence-electron chi connectivity index (χ0n) is 18.3. The van der Waals surface area contributed by atoms with E-state index in [1.54, 1.807) is 23.9 Å². The molecule has 0 saturated heterocycles. The average Bonchev–Trinajstić information content (AvgIpc) is 3.28. The predicted octanol–water partition coefficient (Wildman–Crippen LogP) is 3.05. The van der Waals surface area contributed by atoms with Gasteiger partial charge in [0.15, 0.2) is 11.6 Å². The molecule has 1 fully saturated rings. The molecule has 0 unspecified atom stereocenters. The number of hydrogen-bond donors (Lipinski definition) is 2. The number of benzene rings is 1. The van der Waals surface area contributed by atoms with Crippen LogP contribution in [0.25, 0.3) is 11.4 Å². The second-order valence-electron chi connectivity index (χ2n) is 8.55. The van der Waals surface area contributed by atoms with Crippen LogP contribution in [-0.2, 0) is 13.1 Å². The predicted molar refractivity (Wildman–Crippen MR) is 116 cm³/mol. The van der Waals surface area contributed by atoms with E-state index in [1.165, 1.54) is 6.07 Å². The van der Waals surface area contributed by atoms with Crippen molar-refractivity contribution in [2.45, 2.75) is 45.7 Å². The number of aryl methyl sites for hydroxylation is 1. The maximum Gasteiger partial charge on any atom is 0.270 e. The topological polar surface area (TPSA) is 106 Å². The lowest BCUT2D eigenvalue weighted by molar-refractivity contribution is 0.0945. The third-order valence-corrected chi connectivity index (χ3v) is 5.98. The molecule has 0 radical (unpaired) electrons. The lowest BCUT2D eigenvalue weighted by Gasteiger charge is -2.26. The number of rotatable bonds is 7. The molecular formula is C23H26F2N6O2. The van der Waals surface area contributed by atoms with Gasteiger partial charge in [-0.2, -0.15) is 4.80 Å². The van der Waals surface area contributed by atoms with E-state index in [4.69, 9.17) is 0 Å². The maximum absolute atomic E-state index is 13.4. The third kappa shape index (κ3) is 5.75. The zero-order chi connectivity index (χ0) is 23.4. The molecule has 174 valence electrons. The Morgan fingerprint density at radius 3 is 2.61 bits per heavy atom. The third-order valence-electron chi connectivity index (χ3n) is 5.98. The summed E-state index contributed by atoms with van der Waals surface area (Å²) in [5, 5.41) is 24.7. The van der Waals surface area contributed by atoms with Gasteiger partial charge in [-0.25, -0.2) is 13.8 Å². The van der Waals surface area contributed by atoms with Gasteiger partial charge in [0.2, 0.25) is 5.82 Å². The number of pyridine rings is 1. The number of halogens is 2. The second kappa shape index (κ2) is 10.1. The molecule has 0 aliphatic heterocycles. The molecule has 0 spiro atoms. The van der Waals surface area contributed by atoms with Gasteiger partial charge in [0.1, 0.15) is 5.69 Å². The van der Waals surface area contributed by atoms with E-state index in [0.29, 0.717) is 41.0 Å². The Labute approximate surface area is 190 Å². The van der Waals surface area contributed by atoms with Gasteiger partial charge >= 0.3 is 0 Å². The minimum atomic E-state index is -0.965. The molecule has 0 bridgehead atoms. The number of carbonyl (C=O) groups is 1. The highest BCUT2D eigenvalue weighted by Gasteiger charge is 2.22. The van der Waals surface area contributed by atoms with Crippen molar-refractivity contribution in [2.24, 2.45) is 11.8 Å². The van der Waals surface area contributed by atoms with E-state index in [0.717, 1.165) is 37.8 Å². The molecular weight excluding hydrogens is 430 g/mol. The minimum Gasteiger partial charge on any atom is -0.396 e. The maximum atomic E-state index is 13.4. The molecule has 1 saturated carbocycles. The summed E-state index contributed by atoms with van der Waals surface area (Å²) < 4.78 is 26.4. The molecule has 4 rings (SSSR count). The number of carbonyl (C=O) groups excluding carboxylic acids is 1. The SMILES string of the molecule is Cc1cc(-c2nnn(CC3CCC(CO)CC3)n2)cc(C(=O)NCc2ccc(F)c(F)c2)n1. The van der Waals surface area contributed by atoms with E-state index in [9.17, 15) is 18.7 Å². The normalized spacial score (nSPS) is 18.3. The highest BCUT2D eigenvalue weighted by molar-refractivity contribution is 5.93. The summed E-state index contributed by atoms with van der Waals surface area (Å²) in [6, 6.07) is 6.84. The van der Waals surface area contributed by atoms with Crippen molar-refractivity contribution in [2.75, 3.05) is 6.61 Å². The summed E-state index contributed by atoms with van der Waals surface area (Å²) in [6.07, 6.45) is 4.07. The Morgan fingerprint density at radius 1 is 1.12 bits per heavy atom. The number of amides is 1. The molecule has 1 amide bonds. The van der Waals surface area contributed by atoms with Crippen molar-refractivity contribution in [3.05, 3.63) is 58.9 Å². The first-order valence-electron chi connectivity index (χ1n) is 11.0. The molecule has 0 atom stereocenters. The lowest BCUT2D eigenvalue weighted by atomic mass is 9.82. The fourth-order valence-electron chi connectivity index (χ4n) is 4.10. The Morgan fingerprint density at radius 2 is 1.88 bits per heavy atom. The van der Waals surface area contributed by atoms with E-state index in [1.807, 2.05) is 0 Å². The van der Waals surface area contributed by atoms with Crippen LogP contribution in [0.1, 0.15) is 47.4 Å². The molecule has 8 nitrogen and oxygen atoms in total. The standard InChI is InChI=1S/C23H26F2N6O2/c1-14-8-18(22-28-30-31(29-22)12-15-2-4-16(13-32)5-3-15)10-21(27-14)23(33)26-11-17-6-7-19(24)20(25)9-17/h6-10,15-16,32H,2-5,11-13H2,1H3,(H,26,33). The first kappa shape index (κ1) is 22.9. The summed E-state index contributed by atoms with van der Waals surface area (Å²) in [6.45, 7) is 2.71. The van der Waals surface area contributed by atoms with Crippen molar-refractivity contribution >= 4 is 5.91 Å². The van der Waals surface area contributed by atoms with E-state index < -0.39 is 17.5 Å². The van der Waals surface area contributed by atoms with Crippen LogP contribution in [0.15, 0.2) is 30.3 Å². The van der Waals surface area contributed by atoms with Gasteiger partial charge in [-0.1, -0.05) is 6.07 Å². The van der Waals surface area contributed by atoms with Crippen LogP contribution in [0.3, 0.4) is 0 Å². The van der Waals surface area contributed by atoms with Crippen molar-refractivity contribution in [1.82, 2.24) is 30.5 Å². The molecule has 10 heteroatoms. The summed E-state index contributed by atoms with van der Waals surface area (Å²) in [7, 11) is 0. The van der Waals surface area contributed by atoms with Crippen molar-refractivity contribution in [3.63, 3.8) is 0 Å². The summed E-state index contributed by atoms with van der Waals surface area (Å²) in [4.78, 5) is 18.5. The van der Waals surface area contributed by atoms with Crippen LogP contribution < -0.4 is 5.32 Å². The highest BCUT2D eigenvalue weighted by Crippen LogP contribution is 2.29. The first-order valence-corrected chi connectivity index (χ1v) is 11.0. The van der Waals surface area contributed by atoms with Crippen LogP contribution in [0.2, 0.25) is 0 Å². The Kier molecular flexibility index (Phi) is 7.02. The molecule has 1 aliphatic rings. The molecule has 33 heavy (non-hydrogen) atoms. The van der Waals surface area contributed by atoms with E-state index in [-0.39, 0.29) is 18.8 Å². The fraction of sp³-hybridized carbons (Fsp3) is 0.435. The van der Waals surface area contributed by atoms with E-state index in [2.05, 4.69) is 25.7 Å². The zero-order valence-corrected chi connectivity index (χ0v) is 18.3. The molecule has 2 aromatic heterocycles.